The molecule has 4 N–H and O–H groups in total. The van der Waals surface area contributed by atoms with E-state index >= 15 is 0 Å². The molecule has 2 aromatic carbocycles. The van der Waals surface area contributed by atoms with Gasteiger partial charge in [0.25, 0.3) is 0 Å². The van der Waals surface area contributed by atoms with Crippen molar-refractivity contribution < 1.29 is 20.1 Å². The van der Waals surface area contributed by atoms with Crippen molar-refractivity contribution in [1.29, 1.82) is 0 Å². The Bertz CT molecular complexity index is 513. The third-order valence-electron chi connectivity index (χ3n) is 2.54. The highest BCUT2D eigenvalue weighted by molar-refractivity contribution is 6.73. The second-order valence-electron chi connectivity index (χ2n) is 3.54. The summed E-state index contributed by atoms with van der Waals surface area (Å²) in [6, 6.07) is 10.3. The van der Waals surface area contributed by atoms with E-state index in [0.29, 0.717) is 5.39 Å². The lowest BCUT2D eigenvalue weighted by atomic mass is 9.64. The van der Waals surface area contributed by atoms with Gasteiger partial charge in [-0.3, -0.25) is 0 Å². The van der Waals surface area contributed by atoms with Gasteiger partial charge in [0.05, 0.1) is 0 Å². The second-order valence-corrected chi connectivity index (χ2v) is 3.54. The van der Waals surface area contributed by atoms with Crippen molar-refractivity contribution in [2.24, 2.45) is 0 Å². The molecule has 0 aromatic heterocycles. The lowest BCUT2D eigenvalue weighted by molar-refractivity contribution is 0.419. The average Bonchev–Trinajstić information content (AvgIpc) is 2.27. The summed E-state index contributed by atoms with van der Waals surface area (Å²) in [6.07, 6.45) is 0. The maximum absolute atomic E-state index is 9.28. The minimum atomic E-state index is -1.73. The standard InChI is InChI=1S/C10H10B2O4/c13-11(14)9-6-5-7-3-1-2-4-8(7)10(9)12(15)16/h1-6,13-16H. The molecule has 0 radical (unpaired) electrons. The molecule has 0 bridgehead atoms. The van der Waals surface area contributed by atoms with Gasteiger partial charge in [-0.15, -0.1) is 0 Å². The summed E-state index contributed by atoms with van der Waals surface area (Å²) in [6.45, 7) is 0. The molecule has 0 aliphatic heterocycles. The largest absolute Gasteiger partial charge is 0.488 e. The van der Waals surface area contributed by atoms with Crippen molar-refractivity contribution in [2.45, 2.75) is 0 Å². The summed E-state index contributed by atoms with van der Waals surface area (Å²) in [7, 11) is -3.45. The second kappa shape index (κ2) is 4.27. The van der Waals surface area contributed by atoms with E-state index in [1.54, 1.807) is 18.2 Å². The van der Waals surface area contributed by atoms with E-state index in [1.807, 2.05) is 12.1 Å². The zero-order chi connectivity index (χ0) is 11.7. The first-order chi connectivity index (χ1) is 7.61. The van der Waals surface area contributed by atoms with Crippen molar-refractivity contribution in [1.82, 2.24) is 0 Å². The molecule has 0 aliphatic carbocycles. The maximum atomic E-state index is 9.28. The predicted octanol–water partition coefficient (Wildman–Crippen LogP) is -1.80. The first-order valence-corrected chi connectivity index (χ1v) is 4.85. The zero-order valence-corrected chi connectivity index (χ0v) is 8.41. The van der Waals surface area contributed by atoms with Gasteiger partial charge < -0.3 is 20.1 Å². The monoisotopic (exact) mass is 216 g/mol. The molecule has 0 amide bonds. The van der Waals surface area contributed by atoms with E-state index < -0.39 is 14.2 Å². The molecule has 2 aromatic rings. The quantitative estimate of drug-likeness (QED) is 0.446. The van der Waals surface area contributed by atoms with Gasteiger partial charge in [0.15, 0.2) is 0 Å². The summed E-state index contributed by atoms with van der Waals surface area (Å²) >= 11 is 0. The van der Waals surface area contributed by atoms with Crippen molar-refractivity contribution in [3.63, 3.8) is 0 Å². The van der Waals surface area contributed by atoms with Crippen molar-refractivity contribution in [3.05, 3.63) is 36.4 Å². The topological polar surface area (TPSA) is 80.9 Å². The fraction of sp³-hybridized carbons (Fsp3) is 0. The molecule has 0 atom stereocenters. The molecular formula is C10H10B2O4. The summed E-state index contributed by atoms with van der Waals surface area (Å²) in [5.41, 5.74) is 0.238. The lowest BCUT2D eigenvalue weighted by Crippen LogP contribution is -2.49. The molecule has 6 heteroatoms. The minimum absolute atomic E-state index is 0.105. The fourth-order valence-corrected chi connectivity index (χ4v) is 1.83. The Morgan fingerprint density at radius 3 is 2.06 bits per heavy atom. The Kier molecular flexibility index (Phi) is 2.98. The molecule has 0 unspecified atom stereocenters. The van der Waals surface area contributed by atoms with Crippen LogP contribution in [-0.2, 0) is 0 Å². The van der Waals surface area contributed by atoms with Crippen LogP contribution in [0.1, 0.15) is 0 Å². The van der Waals surface area contributed by atoms with Crippen LogP contribution >= 0.6 is 0 Å². The molecule has 2 rings (SSSR count). The van der Waals surface area contributed by atoms with Crippen molar-refractivity contribution >= 4 is 35.9 Å². The van der Waals surface area contributed by atoms with Crippen LogP contribution in [0.5, 0.6) is 0 Å². The van der Waals surface area contributed by atoms with Crippen LogP contribution in [0.15, 0.2) is 36.4 Å². The fourth-order valence-electron chi connectivity index (χ4n) is 1.83. The highest BCUT2D eigenvalue weighted by Gasteiger charge is 2.25. The Labute approximate surface area is 93.1 Å². The predicted molar refractivity (Wildman–Crippen MR) is 63.6 cm³/mol. The van der Waals surface area contributed by atoms with E-state index in [9.17, 15) is 10.0 Å². The van der Waals surface area contributed by atoms with E-state index in [2.05, 4.69) is 0 Å². The molecule has 0 heterocycles. The average molecular weight is 216 g/mol. The lowest BCUT2D eigenvalue weighted by Gasteiger charge is -2.11. The van der Waals surface area contributed by atoms with Crippen molar-refractivity contribution in [3.8, 4) is 0 Å². The van der Waals surface area contributed by atoms with Crippen LogP contribution in [0.25, 0.3) is 10.8 Å². The van der Waals surface area contributed by atoms with Gasteiger partial charge in [-0.2, -0.15) is 0 Å². The zero-order valence-electron chi connectivity index (χ0n) is 8.41. The third-order valence-corrected chi connectivity index (χ3v) is 2.54. The molecule has 0 saturated carbocycles. The van der Waals surface area contributed by atoms with Crippen LogP contribution in [0.4, 0.5) is 0 Å². The van der Waals surface area contributed by atoms with E-state index in [-0.39, 0.29) is 10.9 Å². The van der Waals surface area contributed by atoms with Crippen LogP contribution in [0.3, 0.4) is 0 Å². The summed E-state index contributed by atoms with van der Waals surface area (Å²) < 4.78 is 0. The van der Waals surface area contributed by atoms with Gasteiger partial charge in [0.1, 0.15) is 0 Å². The first kappa shape index (κ1) is 11.2. The van der Waals surface area contributed by atoms with Gasteiger partial charge in [0, 0.05) is 0 Å². The number of hydrogen-bond donors (Lipinski definition) is 4. The number of hydrogen-bond acceptors (Lipinski definition) is 4. The smallest absolute Gasteiger partial charge is 0.423 e. The van der Waals surface area contributed by atoms with E-state index in [0.717, 1.165) is 5.39 Å². The van der Waals surface area contributed by atoms with Gasteiger partial charge in [-0.1, -0.05) is 36.4 Å². The Morgan fingerprint density at radius 1 is 0.750 bits per heavy atom. The molecule has 0 aliphatic rings. The van der Waals surface area contributed by atoms with Gasteiger partial charge >= 0.3 is 14.2 Å². The maximum Gasteiger partial charge on any atom is 0.488 e. The summed E-state index contributed by atoms with van der Waals surface area (Å²) in [5.74, 6) is 0. The number of benzene rings is 2. The van der Waals surface area contributed by atoms with Crippen molar-refractivity contribution in [2.75, 3.05) is 0 Å². The van der Waals surface area contributed by atoms with Gasteiger partial charge in [-0.05, 0) is 21.7 Å². The first-order valence-electron chi connectivity index (χ1n) is 4.85. The van der Waals surface area contributed by atoms with Gasteiger partial charge in [-0.25, -0.2) is 0 Å². The van der Waals surface area contributed by atoms with Crippen LogP contribution in [-0.4, -0.2) is 34.3 Å². The summed E-state index contributed by atoms with van der Waals surface area (Å²) in [4.78, 5) is 0. The Balaban J connectivity index is 2.79. The van der Waals surface area contributed by atoms with Crippen LogP contribution < -0.4 is 10.9 Å². The number of fused-ring (bicyclic) bond motifs is 1. The third kappa shape index (κ3) is 1.83. The van der Waals surface area contributed by atoms with Gasteiger partial charge in [0.2, 0.25) is 0 Å². The molecule has 4 nitrogen and oxygen atoms in total. The Morgan fingerprint density at radius 2 is 1.44 bits per heavy atom. The molecule has 0 saturated heterocycles. The highest BCUT2D eigenvalue weighted by atomic mass is 16.4. The summed E-state index contributed by atoms with van der Waals surface area (Å²) in [5, 5.41) is 38.3. The molecular weight excluding hydrogens is 206 g/mol. The SMILES string of the molecule is OB(O)c1ccc2ccccc2c1B(O)O. The van der Waals surface area contributed by atoms with Crippen LogP contribution in [0, 0.1) is 0 Å². The van der Waals surface area contributed by atoms with E-state index in [1.165, 1.54) is 6.07 Å². The molecule has 0 fully saturated rings. The molecule has 80 valence electrons. The minimum Gasteiger partial charge on any atom is -0.423 e. The van der Waals surface area contributed by atoms with Crippen LogP contribution in [0.2, 0.25) is 0 Å². The molecule has 0 spiro atoms. The van der Waals surface area contributed by atoms with E-state index in [4.69, 9.17) is 10.0 Å². The Hall–Kier alpha value is -1.33. The number of rotatable bonds is 2. The molecule has 16 heavy (non-hydrogen) atoms. The highest BCUT2D eigenvalue weighted by Crippen LogP contribution is 2.10. The normalized spacial score (nSPS) is 10.5.